The number of benzene rings is 1. The molecule has 2 aromatic rings. The number of nitrogens with one attached hydrogen (secondary N) is 2. The number of halogens is 3. The Hall–Kier alpha value is -3.44. The average Bonchev–Trinajstić information content (AvgIpc) is 3.34. The summed E-state index contributed by atoms with van der Waals surface area (Å²) in [7, 11) is -3.24. The molecule has 0 saturated carbocycles. The molecule has 0 fully saturated rings. The molecule has 1 atom stereocenters. The van der Waals surface area contributed by atoms with Gasteiger partial charge < -0.3 is 19.5 Å². The monoisotopic (exact) mass is 482 g/mol. The maximum absolute atomic E-state index is 14.0. The van der Waals surface area contributed by atoms with Crippen LogP contribution in [0, 0.1) is 6.92 Å². The Morgan fingerprint density at radius 3 is 2.61 bits per heavy atom. The zero-order valence-electron chi connectivity index (χ0n) is 17.6. The number of rotatable bonds is 5. The van der Waals surface area contributed by atoms with Gasteiger partial charge in [0.2, 0.25) is 11.7 Å². The summed E-state index contributed by atoms with van der Waals surface area (Å²) in [4.78, 5) is 29.7. The minimum absolute atomic E-state index is 0.00150. The summed E-state index contributed by atoms with van der Waals surface area (Å²) in [5.41, 5.74) is 1.17. The maximum Gasteiger partial charge on any atom is 0.418 e. The molecule has 1 aromatic carbocycles. The third-order valence-electron chi connectivity index (χ3n) is 4.94. The number of hydrogen-bond donors (Lipinski definition) is 2. The van der Waals surface area contributed by atoms with E-state index >= 15 is 0 Å². The summed E-state index contributed by atoms with van der Waals surface area (Å²) in [5, 5.41) is 6.24. The van der Waals surface area contributed by atoms with Gasteiger partial charge in [0.25, 0.3) is 5.91 Å². The molecule has 1 aromatic heterocycles. The first kappa shape index (κ1) is 22.7. The molecule has 3 heterocycles. The number of ether oxygens (including phenoxy) is 1. The van der Waals surface area contributed by atoms with Gasteiger partial charge in [-0.2, -0.15) is 13.2 Å². The Morgan fingerprint density at radius 1 is 1.27 bits per heavy atom. The van der Waals surface area contributed by atoms with E-state index in [1.807, 2.05) is 0 Å². The summed E-state index contributed by atoms with van der Waals surface area (Å²) in [5.74, 6) is -0.840. The van der Waals surface area contributed by atoms with Crippen LogP contribution in [0.2, 0.25) is 0 Å². The van der Waals surface area contributed by atoms with Gasteiger partial charge in [-0.25, -0.2) is 4.98 Å². The Balaban J connectivity index is 2.01. The third-order valence-corrected chi connectivity index (χ3v) is 5.61. The van der Waals surface area contributed by atoms with Crippen LogP contribution >= 0.6 is 8.03 Å². The topological polar surface area (TPSA) is 124 Å². The molecule has 0 aliphatic carbocycles. The van der Waals surface area contributed by atoms with Crippen molar-refractivity contribution in [1.82, 2.24) is 15.0 Å². The molecule has 33 heavy (non-hydrogen) atoms. The summed E-state index contributed by atoms with van der Waals surface area (Å²) in [6.07, 6.45) is -2.90. The number of amidine groups is 1. The molecule has 1 unspecified atom stereocenters. The number of hydrogen-bond acceptors (Lipinski definition) is 8. The average molecular weight is 482 g/mol. The first-order valence-electron chi connectivity index (χ1n) is 9.83. The summed E-state index contributed by atoms with van der Waals surface area (Å²) >= 11 is 0. The van der Waals surface area contributed by atoms with Crippen molar-refractivity contribution in [2.45, 2.75) is 33.4 Å². The molecule has 2 aliphatic rings. The van der Waals surface area contributed by atoms with Crippen LogP contribution in [0.15, 0.2) is 34.8 Å². The molecule has 0 saturated heterocycles. The van der Waals surface area contributed by atoms with Gasteiger partial charge >= 0.3 is 19.7 Å². The molecule has 0 spiro atoms. The molecule has 14 heteroatoms. The minimum Gasteiger partial charge on any atom is -0.588 e. The smallest absolute Gasteiger partial charge is 0.418 e. The van der Waals surface area contributed by atoms with Gasteiger partial charge in [0.1, 0.15) is 5.82 Å². The maximum atomic E-state index is 14.0. The summed E-state index contributed by atoms with van der Waals surface area (Å²) in [6.45, 7) is 4.99. The van der Waals surface area contributed by atoms with Crippen LogP contribution in [0.25, 0.3) is 5.69 Å². The number of aromatic nitrogens is 2. The Kier molecular flexibility index (Phi) is 5.62. The molecule has 4 rings (SSSR count). The van der Waals surface area contributed by atoms with Gasteiger partial charge in [-0.15, -0.1) is 5.10 Å². The van der Waals surface area contributed by atoms with Crippen molar-refractivity contribution in [3.8, 4) is 5.69 Å². The number of carbonyl (C=O) groups is 1. The van der Waals surface area contributed by atoms with E-state index in [-0.39, 0.29) is 35.3 Å². The molecular formula is C19H18F3N6O4P. The molecule has 0 bridgehead atoms. The number of hydrazone groups is 1. The lowest BCUT2D eigenvalue weighted by Gasteiger charge is -2.29. The quantitative estimate of drug-likeness (QED) is 0.496. The zero-order chi connectivity index (χ0) is 24.1. The van der Waals surface area contributed by atoms with E-state index in [9.17, 15) is 27.4 Å². The number of anilines is 2. The highest BCUT2D eigenvalue weighted by molar-refractivity contribution is 7.41. The van der Waals surface area contributed by atoms with Crippen LogP contribution in [0.1, 0.15) is 30.9 Å². The van der Waals surface area contributed by atoms with Crippen LogP contribution in [-0.4, -0.2) is 27.9 Å². The fourth-order valence-electron chi connectivity index (χ4n) is 3.66. The molecular weight excluding hydrogens is 464 g/mol. The van der Waals surface area contributed by atoms with E-state index in [2.05, 4.69) is 20.8 Å². The van der Waals surface area contributed by atoms with Crippen molar-refractivity contribution in [3.63, 3.8) is 0 Å². The van der Waals surface area contributed by atoms with E-state index in [0.29, 0.717) is 17.9 Å². The van der Waals surface area contributed by atoms with Gasteiger partial charge in [-0.3, -0.25) is 15.1 Å². The number of amides is 1. The number of carbonyl (C=O) groups excluding carboxylic acids is 1. The van der Waals surface area contributed by atoms with E-state index in [4.69, 9.17) is 4.74 Å². The fraction of sp³-hybridized carbons (Fsp3) is 0.316. The second-order valence-electron chi connectivity index (χ2n) is 7.09. The van der Waals surface area contributed by atoms with Crippen molar-refractivity contribution in [2.75, 3.05) is 16.8 Å². The van der Waals surface area contributed by atoms with Crippen LogP contribution in [0.3, 0.4) is 0 Å². The second-order valence-corrected chi connectivity index (χ2v) is 8.01. The third kappa shape index (κ3) is 3.83. The Morgan fingerprint density at radius 2 is 2.00 bits per heavy atom. The standard InChI is InChI=1S/C19H18F3N6O4P/c1-4-14-23-9(3)8-27(14)12-7-13-11(6-10(12)19(20,21)22)24-17(29)15-25-26-16(28(13)15)18(32-5-2)33(30)31/h6-8,26H,4-5H2,1-3H3,(H,24,29). The second kappa shape index (κ2) is 8.16. The van der Waals surface area contributed by atoms with Gasteiger partial charge in [0.05, 0.1) is 34.9 Å². The normalized spacial score (nSPS) is 17.1. The fourth-order valence-corrected chi connectivity index (χ4v) is 4.22. The predicted molar refractivity (Wildman–Crippen MR) is 111 cm³/mol. The molecule has 0 radical (unpaired) electrons. The number of nitrogens with zero attached hydrogens (tertiary/aromatic N) is 4. The molecule has 2 aliphatic heterocycles. The van der Waals surface area contributed by atoms with Crippen LogP contribution < -0.4 is 20.5 Å². The Labute approximate surface area is 186 Å². The van der Waals surface area contributed by atoms with Gasteiger partial charge in [0.15, 0.2) is 0 Å². The van der Waals surface area contributed by atoms with Crippen molar-refractivity contribution in [2.24, 2.45) is 5.10 Å². The molecule has 1 amide bonds. The minimum atomic E-state index is -4.75. The first-order valence-corrected chi connectivity index (χ1v) is 11.0. The van der Waals surface area contributed by atoms with Gasteiger partial charge in [0, 0.05) is 12.6 Å². The molecule has 2 N–H and O–H groups in total. The van der Waals surface area contributed by atoms with Crippen LogP contribution in [0.5, 0.6) is 0 Å². The number of fused-ring (bicyclic) bond motifs is 3. The number of alkyl halides is 3. The zero-order valence-corrected chi connectivity index (χ0v) is 18.5. The van der Waals surface area contributed by atoms with Gasteiger partial charge in [-0.05, 0) is 26.0 Å². The largest absolute Gasteiger partial charge is 0.588 e. The number of aryl methyl sites for hydroxylation is 2. The number of imidazole rings is 1. The van der Waals surface area contributed by atoms with Gasteiger partial charge in [-0.1, -0.05) is 11.5 Å². The molecule has 174 valence electrons. The summed E-state index contributed by atoms with van der Waals surface area (Å²) in [6, 6.07) is 2.02. The van der Waals surface area contributed by atoms with E-state index in [1.165, 1.54) is 16.8 Å². The van der Waals surface area contributed by atoms with Crippen LogP contribution in [0.4, 0.5) is 24.5 Å². The highest BCUT2D eigenvalue weighted by Gasteiger charge is 2.43. The summed E-state index contributed by atoms with van der Waals surface area (Å²) < 4.78 is 60.4. The van der Waals surface area contributed by atoms with E-state index in [1.54, 1.807) is 20.8 Å². The van der Waals surface area contributed by atoms with Crippen molar-refractivity contribution in [1.29, 1.82) is 0 Å². The Bertz CT molecular complexity index is 1240. The lowest BCUT2D eigenvalue weighted by molar-refractivity contribution is -0.165. The first-order chi connectivity index (χ1) is 15.6. The predicted octanol–water partition coefficient (Wildman–Crippen LogP) is 2.70. The van der Waals surface area contributed by atoms with Crippen molar-refractivity contribution in [3.05, 3.63) is 46.7 Å². The SMILES string of the molecule is CCOC(=C1NN=C2C(=O)Nc3cc(C(F)(F)F)c(-n4cc(C)nc4CC)cc3N21)[P+](=O)[O-]. The van der Waals surface area contributed by atoms with E-state index < -0.39 is 31.2 Å². The highest BCUT2D eigenvalue weighted by atomic mass is 31.1. The highest BCUT2D eigenvalue weighted by Crippen LogP contribution is 2.44. The van der Waals surface area contributed by atoms with Crippen molar-refractivity contribution < 1.29 is 32.2 Å². The van der Waals surface area contributed by atoms with Crippen LogP contribution in [-0.2, 0) is 26.7 Å². The molecule has 10 nitrogen and oxygen atoms in total. The van der Waals surface area contributed by atoms with E-state index in [0.717, 1.165) is 11.0 Å². The van der Waals surface area contributed by atoms with Crippen molar-refractivity contribution >= 4 is 31.1 Å². The lowest BCUT2D eigenvalue weighted by atomic mass is 10.1. The lowest BCUT2D eigenvalue weighted by Crippen LogP contribution is -2.42.